The van der Waals surface area contributed by atoms with Crippen molar-refractivity contribution in [3.05, 3.63) is 17.0 Å². The maximum absolute atomic E-state index is 11.3. The zero-order chi connectivity index (χ0) is 10.6. The average molecular weight is 259 g/mol. The number of halogens is 1. The van der Waals surface area contributed by atoms with E-state index in [1.54, 1.807) is 0 Å². The third-order valence-electron chi connectivity index (χ3n) is 1.65. The van der Waals surface area contributed by atoms with Crippen LogP contribution in [0.3, 0.4) is 0 Å². The van der Waals surface area contributed by atoms with Crippen LogP contribution in [0.1, 0.15) is 13.3 Å². The predicted octanol–water partition coefficient (Wildman–Crippen LogP) is 0.915. The fourth-order valence-corrected chi connectivity index (χ4v) is 0.986. The Labute approximate surface area is 90.2 Å². The Balaban J connectivity index is 2.60. The van der Waals surface area contributed by atoms with Crippen LogP contribution in [-0.2, 0) is 4.79 Å². The molecule has 0 saturated carbocycles. The molecule has 6 heteroatoms. The molecule has 1 unspecified atom stereocenters. The van der Waals surface area contributed by atoms with Gasteiger partial charge in [0.15, 0.2) is 5.82 Å². The molecule has 0 spiro atoms. The maximum atomic E-state index is 11.3. The minimum atomic E-state index is -0.500. The fraction of sp³-hybridized carbons (Fsp3) is 0.375. The van der Waals surface area contributed by atoms with Crippen molar-refractivity contribution < 1.29 is 4.79 Å². The minimum Gasteiger partial charge on any atom is -0.320 e. The van der Waals surface area contributed by atoms with E-state index in [1.165, 1.54) is 12.4 Å². The molecule has 1 rings (SSSR count). The van der Waals surface area contributed by atoms with E-state index in [-0.39, 0.29) is 5.91 Å². The van der Waals surface area contributed by atoms with Gasteiger partial charge in [0.2, 0.25) is 5.91 Å². The summed E-state index contributed by atoms with van der Waals surface area (Å²) in [5, 5.41) is 2.56. The number of nitrogens with two attached hydrogens (primary N) is 1. The van der Waals surface area contributed by atoms with E-state index in [1.807, 2.05) is 6.92 Å². The number of carbonyl (C=O) groups is 1. The number of nitrogens with zero attached hydrogens (tertiary/aromatic N) is 2. The maximum Gasteiger partial charge on any atom is 0.242 e. The van der Waals surface area contributed by atoms with E-state index in [9.17, 15) is 4.79 Å². The molecule has 0 aliphatic heterocycles. The standard InChI is InChI=1S/C8H11BrN4O/c1-2-5(10)8(14)13-7-4-11-6(9)3-12-7/h3-5H,2,10H2,1H3,(H,12,13,14). The van der Waals surface area contributed by atoms with Gasteiger partial charge in [-0.2, -0.15) is 0 Å². The average Bonchev–Trinajstić information content (AvgIpc) is 2.20. The summed E-state index contributed by atoms with van der Waals surface area (Å²) in [6.45, 7) is 1.84. The quantitative estimate of drug-likeness (QED) is 0.845. The van der Waals surface area contributed by atoms with Crippen LogP contribution < -0.4 is 11.1 Å². The normalized spacial score (nSPS) is 12.2. The molecule has 76 valence electrons. The Morgan fingerprint density at radius 3 is 2.86 bits per heavy atom. The van der Waals surface area contributed by atoms with Crippen molar-refractivity contribution in [3.63, 3.8) is 0 Å². The molecule has 0 saturated heterocycles. The fourth-order valence-electron chi connectivity index (χ4n) is 0.781. The van der Waals surface area contributed by atoms with Gasteiger partial charge in [-0.25, -0.2) is 9.97 Å². The summed E-state index contributed by atoms with van der Waals surface area (Å²) in [6.07, 6.45) is 3.56. The zero-order valence-electron chi connectivity index (χ0n) is 7.70. The highest BCUT2D eigenvalue weighted by molar-refractivity contribution is 9.10. The number of aromatic nitrogens is 2. The van der Waals surface area contributed by atoms with Crippen molar-refractivity contribution in [3.8, 4) is 0 Å². The molecule has 1 amide bonds. The van der Waals surface area contributed by atoms with E-state index < -0.39 is 6.04 Å². The minimum absolute atomic E-state index is 0.246. The first-order valence-corrected chi connectivity index (χ1v) is 4.96. The second kappa shape index (κ2) is 5.02. The van der Waals surface area contributed by atoms with Crippen LogP contribution in [0, 0.1) is 0 Å². The topological polar surface area (TPSA) is 80.9 Å². The van der Waals surface area contributed by atoms with Crippen LogP contribution >= 0.6 is 15.9 Å². The summed E-state index contributed by atoms with van der Waals surface area (Å²) >= 11 is 3.14. The summed E-state index contributed by atoms with van der Waals surface area (Å²) in [4.78, 5) is 19.2. The second-order valence-corrected chi connectivity index (χ2v) is 3.54. The summed E-state index contributed by atoms with van der Waals surface area (Å²) in [7, 11) is 0. The highest BCUT2D eigenvalue weighted by atomic mass is 79.9. The molecule has 1 aromatic heterocycles. The zero-order valence-corrected chi connectivity index (χ0v) is 9.28. The molecule has 0 aliphatic rings. The summed E-state index contributed by atoms with van der Waals surface area (Å²) in [6, 6.07) is -0.500. The van der Waals surface area contributed by atoms with Crippen molar-refractivity contribution in [2.45, 2.75) is 19.4 Å². The number of rotatable bonds is 3. The second-order valence-electron chi connectivity index (χ2n) is 2.73. The molecule has 0 aromatic carbocycles. The largest absolute Gasteiger partial charge is 0.320 e. The van der Waals surface area contributed by atoms with Gasteiger partial charge in [0.1, 0.15) is 4.60 Å². The molecular formula is C8H11BrN4O. The lowest BCUT2D eigenvalue weighted by Gasteiger charge is -2.08. The molecule has 0 fully saturated rings. The molecule has 1 heterocycles. The van der Waals surface area contributed by atoms with Crippen LogP contribution in [0.25, 0.3) is 0 Å². The molecule has 1 atom stereocenters. The summed E-state index contributed by atoms with van der Waals surface area (Å²) in [5.41, 5.74) is 5.52. The van der Waals surface area contributed by atoms with Crippen LogP contribution in [0.4, 0.5) is 5.82 Å². The third-order valence-corrected chi connectivity index (χ3v) is 2.06. The molecule has 1 aromatic rings. The number of hydrogen-bond donors (Lipinski definition) is 2. The number of hydrogen-bond acceptors (Lipinski definition) is 4. The highest BCUT2D eigenvalue weighted by Gasteiger charge is 2.11. The van der Waals surface area contributed by atoms with E-state index in [4.69, 9.17) is 5.73 Å². The SMILES string of the molecule is CCC(N)C(=O)Nc1cnc(Br)cn1. The number of anilines is 1. The molecule has 14 heavy (non-hydrogen) atoms. The van der Waals surface area contributed by atoms with Gasteiger partial charge < -0.3 is 11.1 Å². The van der Waals surface area contributed by atoms with E-state index >= 15 is 0 Å². The Kier molecular flexibility index (Phi) is 3.97. The van der Waals surface area contributed by atoms with Crippen molar-refractivity contribution in [1.82, 2.24) is 9.97 Å². The van der Waals surface area contributed by atoms with E-state index in [0.717, 1.165) is 0 Å². The molecule has 0 radical (unpaired) electrons. The first kappa shape index (κ1) is 11.1. The van der Waals surface area contributed by atoms with Crippen LogP contribution in [0.5, 0.6) is 0 Å². The molecular weight excluding hydrogens is 248 g/mol. The van der Waals surface area contributed by atoms with Gasteiger partial charge in [-0.3, -0.25) is 4.79 Å². The predicted molar refractivity (Wildman–Crippen MR) is 56.6 cm³/mol. The van der Waals surface area contributed by atoms with Gasteiger partial charge in [-0.15, -0.1) is 0 Å². The molecule has 0 aliphatic carbocycles. The summed E-state index contributed by atoms with van der Waals surface area (Å²) in [5.74, 6) is 0.159. The number of nitrogens with one attached hydrogen (secondary N) is 1. The monoisotopic (exact) mass is 258 g/mol. The third kappa shape index (κ3) is 3.04. The Hall–Kier alpha value is -1.01. The van der Waals surface area contributed by atoms with Crippen LogP contribution in [-0.4, -0.2) is 21.9 Å². The Morgan fingerprint density at radius 1 is 1.64 bits per heavy atom. The van der Waals surface area contributed by atoms with Crippen LogP contribution in [0.15, 0.2) is 17.0 Å². The van der Waals surface area contributed by atoms with Crippen LogP contribution in [0.2, 0.25) is 0 Å². The van der Waals surface area contributed by atoms with E-state index in [0.29, 0.717) is 16.8 Å². The van der Waals surface area contributed by atoms with Gasteiger partial charge in [0, 0.05) is 0 Å². The Bertz CT molecular complexity index is 314. The lowest BCUT2D eigenvalue weighted by atomic mass is 10.2. The van der Waals surface area contributed by atoms with Crippen molar-refractivity contribution in [2.24, 2.45) is 5.73 Å². The number of amides is 1. The molecule has 5 nitrogen and oxygen atoms in total. The van der Waals surface area contributed by atoms with Gasteiger partial charge in [-0.05, 0) is 22.4 Å². The first-order chi connectivity index (χ1) is 6.63. The molecule has 3 N–H and O–H groups in total. The van der Waals surface area contributed by atoms with E-state index in [2.05, 4.69) is 31.2 Å². The van der Waals surface area contributed by atoms with Crippen molar-refractivity contribution in [1.29, 1.82) is 0 Å². The lowest BCUT2D eigenvalue weighted by molar-refractivity contribution is -0.117. The smallest absolute Gasteiger partial charge is 0.242 e. The first-order valence-electron chi connectivity index (χ1n) is 4.17. The Morgan fingerprint density at radius 2 is 2.36 bits per heavy atom. The van der Waals surface area contributed by atoms with Gasteiger partial charge in [0.25, 0.3) is 0 Å². The van der Waals surface area contributed by atoms with Crippen molar-refractivity contribution in [2.75, 3.05) is 5.32 Å². The van der Waals surface area contributed by atoms with Gasteiger partial charge >= 0.3 is 0 Å². The highest BCUT2D eigenvalue weighted by Crippen LogP contribution is 2.06. The molecule has 0 bridgehead atoms. The van der Waals surface area contributed by atoms with Gasteiger partial charge in [-0.1, -0.05) is 6.92 Å². The van der Waals surface area contributed by atoms with Crippen molar-refractivity contribution >= 4 is 27.7 Å². The number of carbonyl (C=O) groups excluding carboxylic acids is 1. The summed E-state index contributed by atoms with van der Waals surface area (Å²) < 4.78 is 0.621. The lowest BCUT2D eigenvalue weighted by Crippen LogP contribution is -2.35. The van der Waals surface area contributed by atoms with Gasteiger partial charge in [0.05, 0.1) is 18.4 Å².